The Balaban J connectivity index is 1.87. The van der Waals surface area contributed by atoms with Gasteiger partial charge in [0.05, 0.1) is 13.2 Å². The van der Waals surface area contributed by atoms with Crippen LogP contribution in [0.3, 0.4) is 0 Å². The average Bonchev–Trinajstić information content (AvgIpc) is 2.96. The first-order valence-electron chi connectivity index (χ1n) is 5.78. The summed E-state index contributed by atoms with van der Waals surface area (Å²) in [5.74, 6) is 1.05. The largest absolute Gasteiger partial charge is 0.455 e. The third-order valence-corrected chi connectivity index (χ3v) is 2.77. The van der Waals surface area contributed by atoms with Crippen LogP contribution in [0.15, 0.2) is 16.5 Å². The molecule has 1 aromatic heterocycles. The van der Waals surface area contributed by atoms with E-state index in [1.54, 1.807) is 20.2 Å². The first-order chi connectivity index (χ1) is 8.16. The molecule has 1 aromatic rings. The topological polar surface area (TPSA) is 54.7 Å². The average molecular weight is 238 g/mol. The van der Waals surface area contributed by atoms with E-state index in [2.05, 4.69) is 5.32 Å². The molecule has 0 radical (unpaired) electrons. The van der Waals surface area contributed by atoms with Crippen molar-refractivity contribution in [3.05, 3.63) is 23.7 Å². The number of ether oxygens (including phenoxy) is 1. The molecule has 1 aliphatic heterocycles. The second kappa shape index (κ2) is 5.33. The number of nitrogens with one attached hydrogen (secondary N) is 1. The number of carbonyl (C=O) groups is 1. The smallest absolute Gasteiger partial charge is 0.289 e. The van der Waals surface area contributed by atoms with E-state index in [-0.39, 0.29) is 5.91 Å². The number of nitrogens with zero attached hydrogens (tertiary/aromatic N) is 1. The van der Waals surface area contributed by atoms with Crippen molar-refractivity contribution in [2.45, 2.75) is 19.0 Å². The SMILES string of the molecule is CN(C)C(=O)c1ccc(CN[C@@H]2CCOC2)o1. The molecule has 2 rings (SSSR count). The third kappa shape index (κ3) is 3.08. The van der Waals surface area contributed by atoms with Gasteiger partial charge < -0.3 is 19.4 Å². The number of hydrogen-bond acceptors (Lipinski definition) is 4. The van der Waals surface area contributed by atoms with Crippen LogP contribution in [-0.4, -0.2) is 44.2 Å². The zero-order chi connectivity index (χ0) is 12.3. The molecule has 0 saturated carbocycles. The van der Waals surface area contributed by atoms with Crippen molar-refractivity contribution < 1.29 is 13.9 Å². The lowest BCUT2D eigenvalue weighted by atomic mass is 10.2. The highest BCUT2D eigenvalue weighted by molar-refractivity contribution is 5.91. The van der Waals surface area contributed by atoms with Crippen molar-refractivity contribution in [3.8, 4) is 0 Å². The zero-order valence-electron chi connectivity index (χ0n) is 10.2. The summed E-state index contributed by atoms with van der Waals surface area (Å²) in [6.45, 7) is 2.21. The molecule has 0 aromatic carbocycles. The Morgan fingerprint density at radius 1 is 1.53 bits per heavy atom. The van der Waals surface area contributed by atoms with Gasteiger partial charge in [-0.2, -0.15) is 0 Å². The lowest BCUT2D eigenvalue weighted by Crippen LogP contribution is -2.28. The molecule has 1 saturated heterocycles. The van der Waals surface area contributed by atoms with Gasteiger partial charge in [0, 0.05) is 26.7 Å². The van der Waals surface area contributed by atoms with E-state index in [0.29, 0.717) is 18.3 Å². The lowest BCUT2D eigenvalue weighted by molar-refractivity contribution is 0.0794. The van der Waals surface area contributed by atoms with Crippen molar-refractivity contribution in [1.29, 1.82) is 0 Å². The van der Waals surface area contributed by atoms with Crippen molar-refractivity contribution in [1.82, 2.24) is 10.2 Å². The number of hydrogen-bond donors (Lipinski definition) is 1. The lowest BCUT2D eigenvalue weighted by Gasteiger charge is -2.09. The van der Waals surface area contributed by atoms with Crippen molar-refractivity contribution in [3.63, 3.8) is 0 Å². The van der Waals surface area contributed by atoms with E-state index in [1.165, 1.54) is 4.90 Å². The molecule has 0 bridgehead atoms. The van der Waals surface area contributed by atoms with E-state index in [9.17, 15) is 4.79 Å². The molecular weight excluding hydrogens is 220 g/mol. The number of amides is 1. The van der Waals surface area contributed by atoms with Crippen LogP contribution in [0.25, 0.3) is 0 Å². The molecule has 94 valence electrons. The van der Waals surface area contributed by atoms with Gasteiger partial charge >= 0.3 is 0 Å². The summed E-state index contributed by atoms with van der Waals surface area (Å²) >= 11 is 0. The van der Waals surface area contributed by atoms with Crippen LogP contribution < -0.4 is 5.32 Å². The van der Waals surface area contributed by atoms with Crippen LogP contribution >= 0.6 is 0 Å². The van der Waals surface area contributed by atoms with Gasteiger partial charge in [-0.15, -0.1) is 0 Å². The second-order valence-electron chi connectivity index (χ2n) is 4.41. The number of carbonyl (C=O) groups excluding carboxylic acids is 1. The van der Waals surface area contributed by atoms with Crippen LogP contribution in [0.1, 0.15) is 22.7 Å². The number of furan rings is 1. The minimum atomic E-state index is -0.111. The van der Waals surface area contributed by atoms with Gasteiger partial charge in [0.15, 0.2) is 5.76 Å². The highest BCUT2D eigenvalue weighted by atomic mass is 16.5. The van der Waals surface area contributed by atoms with Crippen LogP contribution in [0, 0.1) is 0 Å². The minimum Gasteiger partial charge on any atom is -0.455 e. The fraction of sp³-hybridized carbons (Fsp3) is 0.583. The van der Waals surface area contributed by atoms with E-state index in [0.717, 1.165) is 25.4 Å². The Morgan fingerprint density at radius 2 is 2.35 bits per heavy atom. The molecule has 2 heterocycles. The van der Waals surface area contributed by atoms with Crippen LogP contribution in [0.5, 0.6) is 0 Å². The van der Waals surface area contributed by atoms with Crippen LogP contribution in [-0.2, 0) is 11.3 Å². The maximum atomic E-state index is 11.6. The Labute approximate surface area is 101 Å². The summed E-state index contributed by atoms with van der Waals surface area (Å²) in [5, 5.41) is 3.34. The summed E-state index contributed by atoms with van der Waals surface area (Å²) in [4.78, 5) is 13.1. The predicted octanol–water partition coefficient (Wildman–Crippen LogP) is 0.860. The first kappa shape index (κ1) is 12.1. The highest BCUT2D eigenvalue weighted by Crippen LogP contribution is 2.11. The Hall–Kier alpha value is -1.33. The predicted molar refractivity (Wildman–Crippen MR) is 62.8 cm³/mol. The van der Waals surface area contributed by atoms with Gasteiger partial charge in [-0.3, -0.25) is 4.79 Å². The van der Waals surface area contributed by atoms with Gasteiger partial charge in [-0.25, -0.2) is 0 Å². The molecule has 1 amide bonds. The minimum absolute atomic E-state index is 0.111. The van der Waals surface area contributed by atoms with E-state index >= 15 is 0 Å². The highest BCUT2D eigenvalue weighted by Gasteiger charge is 2.16. The number of rotatable bonds is 4. The van der Waals surface area contributed by atoms with Gasteiger partial charge in [0.2, 0.25) is 0 Å². The Morgan fingerprint density at radius 3 is 3.00 bits per heavy atom. The van der Waals surface area contributed by atoms with Gasteiger partial charge in [0.1, 0.15) is 5.76 Å². The Kier molecular flexibility index (Phi) is 3.81. The van der Waals surface area contributed by atoms with Gasteiger partial charge in [-0.1, -0.05) is 0 Å². The fourth-order valence-corrected chi connectivity index (χ4v) is 1.75. The first-order valence-corrected chi connectivity index (χ1v) is 5.78. The maximum absolute atomic E-state index is 11.6. The third-order valence-electron chi connectivity index (χ3n) is 2.77. The summed E-state index contributed by atoms with van der Waals surface area (Å²) in [7, 11) is 3.41. The molecular formula is C12H18N2O3. The summed E-state index contributed by atoms with van der Waals surface area (Å²) < 4.78 is 10.7. The van der Waals surface area contributed by atoms with Crippen LogP contribution in [0.2, 0.25) is 0 Å². The van der Waals surface area contributed by atoms with Gasteiger partial charge in [0.25, 0.3) is 5.91 Å². The molecule has 5 heteroatoms. The molecule has 17 heavy (non-hydrogen) atoms. The molecule has 1 N–H and O–H groups in total. The fourth-order valence-electron chi connectivity index (χ4n) is 1.75. The summed E-state index contributed by atoms with van der Waals surface area (Å²) in [5.41, 5.74) is 0. The Bertz CT molecular complexity index is 381. The van der Waals surface area contributed by atoms with E-state index in [1.807, 2.05) is 6.07 Å². The van der Waals surface area contributed by atoms with Gasteiger partial charge in [-0.05, 0) is 18.6 Å². The van der Waals surface area contributed by atoms with E-state index in [4.69, 9.17) is 9.15 Å². The standard InChI is InChI=1S/C12H18N2O3/c1-14(2)12(15)11-4-3-10(17-11)7-13-9-5-6-16-8-9/h3-4,9,13H,5-8H2,1-2H3/t9-/m1/s1. The quantitative estimate of drug-likeness (QED) is 0.845. The molecule has 0 spiro atoms. The summed E-state index contributed by atoms with van der Waals surface area (Å²) in [6.07, 6.45) is 1.03. The molecule has 1 atom stereocenters. The molecule has 1 fully saturated rings. The zero-order valence-corrected chi connectivity index (χ0v) is 10.2. The normalized spacial score (nSPS) is 19.5. The second-order valence-corrected chi connectivity index (χ2v) is 4.41. The van der Waals surface area contributed by atoms with Crippen molar-refractivity contribution >= 4 is 5.91 Å². The monoisotopic (exact) mass is 238 g/mol. The summed E-state index contributed by atoms with van der Waals surface area (Å²) in [6, 6.07) is 3.94. The molecule has 1 aliphatic rings. The molecule has 0 unspecified atom stereocenters. The van der Waals surface area contributed by atoms with E-state index < -0.39 is 0 Å². The molecule has 5 nitrogen and oxygen atoms in total. The molecule has 0 aliphatic carbocycles. The van der Waals surface area contributed by atoms with Crippen LogP contribution in [0.4, 0.5) is 0 Å². The van der Waals surface area contributed by atoms with Crippen molar-refractivity contribution in [2.75, 3.05) is 27.3 Å². The van der Waals surface area contributed by atoms with Crippen molar-refractivity contribution in [2.24, 2.45) is 0 Å². The maximum Gasteiger partial charge on any atom is 0.289 e.